The van der Waals surface area contributed by atoms with Crippen LogP contribution in [0.3, 0.4) is 0 Å². The number of nitrogens with one attached hydrogen (secondary N) is 2. The summed E-state index contributed by atoms with van der Waals surface area (Å²) in [7, 11) is 0. The highest BCUT2D eigenvalue weighted by molar-refractivity contribution is 6.36. The van der Waals surface area contributed by atoms with Gasteiger partial charge in [-0.3, -0.25) is 9.36 Å². The lowest BCUT2D eigenvalue weighted by atomic mass is 9.85. The molecule has 1 saturated heterocycles. The Balaban J connectivity index is 1.54. The van der Waals surface area contributed by atoms with Crippen molar-refractivity contribution >= 4 is 57.9 Å². The molecule has 1 aliphatic carbocycles. The molecule has 3 aromatic rings. The highest BCUT2D eigenvalue weighted by Gasteiger charge is 2.30. The van der Waals surface area contributed by atoms with E-state index in [4.69, 9.17) is 38.7 Å². The summed E-state index contributed by atoms with van der Waals surface area (Å²) in [5, 5.41) is 6.67. The first-order valence-electron chi connectivity index (χ1n) is 11.2. The van der Waals surface area contributed by atoms with E-state index < -0.39 is 5.82 Å². The number of hydrogen-bond acceptors (Lipinski definition) is 7. The number of carbonyl (C=O) groups excluding carboxylic acids is 1. The van der Waals surface area contributed by atoms with E-state index in [0.717, 1.165) is 6.42 Å². The number of halogens is 3. The number of nitrogens with two attached hydrogens (primary N) is 1. The van der Waals surface area contributed by atoms with Crippen molar-refractivity contribution in [1.82, 2.24) is 19.5 Å². The zero-order chi connectivity index (χ0) is 23.8. The molecule has 4 N–H and O–H groups in total. The zero-order valence-corrected chi connectivity index (χ0v) is 19.7. The van der Waals surface area contributed by atoms with Crippen LogP contribution < -0.4 is 16.4 Å². The number of fused-ring (bicyclic) bond motifs is 1. The molecule has 180 valence electrons. The van der Waals surface area contributed by atoms with Crippen LogP contribution in [0.25, 0.3) is 11.2 Å². The number of carbonyl (C=O) groups is 1. The Bertz CT molecular complexity index is 1200. The molecule has 0 spiro atoms. The van der Waals surface area contributed by atoms with E-state index in [9.17, 15) is 9.18 Å². The molecule has 0 unspecified atom stereocenters. The van der Waals surface area contributed by atoms with Gasteiger partial charge in [-0.15, -0.1) is 0 Å². The third-order valence-corrected chi connectivity index (χ3v) is 6.92. The standard InChI is InChI=1S/C22H24Cl2FN7O2/c23-12-7-15(24)18(16(25)8-12)30-22-29-17-9-27-21(28-13-5-6-34-10-13)31-20(17)32(22)14-3-1-11(2-4-14)19(26)33/h7-9,11,13-14H,1-6,10H2,(H2,26,33)(H,29,30)(H,27,28,31)/t11?,13-,14?/m1/s1. The van der Waals surface area contributed by atoms with Gasteiger partial charge in [0.05, 0.1) is 29.6 Å². The van der Waals surface area contributed by atoms with Crippen LogP contribution in [0.5, 0.6) is 0 Å². The van der Waals surface area contributed by atoms with Crippen molar-refractivity contribution in [1.29, 1.82) is 0 Å². The second-order valence-corrected chi connectivity index (χ2v) is 9.53. The van der Waals surface area contributed by atoms with E-state index in [0.29, 0.717) is 62.0 Å². The Morgan fingerprint density at radius 1 is 1.18 bits per heavy atom. The Morgan fingerprint density at radius 2 is 1.97 bits per heavy atom. The maximum absolute atomic E-state index is 14.7. The normalized spacial score (nSPS) is 22.7. The summed E-state index contributed by atoms with van der Waals surface area (Å²) in [6, 6.07) is 2.77. The average molecular weight is 508 g/mol. The second kappa shape index (κ2) is 9.52. The van der Waals surface area contributed by atoms with Crippen molar-refractivity contribution in [2.24, 2.45) is 11.7 Å². The van der Waals surface area contributed by atoms with Crippen molar-refractivity contribution in [3.8, 4) is 0 Å². The van der Waals surface area contributed by atoms with E-state index in [-0.39, 0.29) is 39.6 Å². The molecule has 1 atom stereocenters. The van der Waals surface area contributed by atoms with E-state index in [1.807, 2.05) is 4.57 Å². The van der Waals surface area contributed by atoms with Crippen LogP contribution in [0.2, 0.25) is 10.0 Å². The quantitative estimate of drug-likeness (QED) is 0.451. The molecule has 1 saturated carbocycles. The molecule has 0 bridgehead atoms. The van der Waals surface area contributed by atoms with Crippen molar-refractivity contribution in [3.05, 3.63) is 34.2 Å². The zero-order valence-electron chi connectivity index (χ0n) is 18.2. The molecule has 2 aromatic heterocycles. The minimum Gasteiger partial charge on any atom is -0.379 e. The highest BCUT2D eigenvalue weighted by Crippen LogP contribution is 2.38. The summed E-state index contributed by atoms with van der Waals surface area (Å²) < 4.78 is 22.1. The van der Waals surface area contributed by atoms with Crippen LogP contribution in [0.1, 0.15) is 38.1 Å². The van der Waals surface area contributed by atoms with Gasteiger partial charge < -0.3 is 21.1 Å². The second-order valence-electron chi connectivity index (χ2n) is 8.69. The van der Waals surface area contributed by atoms with Crippen LogP contribution in [0, 0.1) is 11.7 Å². The third kappa shape index (κ3) is 4.62. The SMILES string of the molecule is NC(=O)C1CCC(n2c(Nc3c(F)cc(Cl)cc3Cl)nc3cnc(N[C@@H]4CCOC4)nc32)CC1. The summed E-state index contributed by atoms with van der Waals surface area (Å²) >= 11 is 12.2. The average Bonchev–Trinajstić information content (AvgIpc) is 3.43. The molecule has 3 heterocycles. The van der Waals surface area contributed by atoms with Gasteiger partial charge in [0.25, 0.3) is 0 Å². The summed E-state index contributed by atoms with van der Waals surface area (Å²) in [6.07, 6.45) is 5.23. The fourth-order valence-electron chi connectivity index (χ4n) is 4.62. The largest absolute Gasteiger partial charge is 0.379 e. The van der Waals surface area contributed by atoms with Gasteiger partial charge in [0.2, 0.25) is 17.8 Å². The van der Waals surface area contributed by atoms with E-state index in [1.165, 1.54) is 12.1 Å². The molecular formula is C22H24Cl2FN7O2. The van der Waals surface area contributed by atoms with Crippen LogP contribution >= 0.6 is 23.2 Å². The number of hydrogen-bond donors (Lipinski definition) is 3. The van der Waals surface area contributed by atoms with Gasteiger partial charge in [0.15, 0.2) is 5.65 Å². The van der Waals surface area contributed by atoms with Gasteiger partial charge >= 0.3 is 0 Å². The lowest BCUT2D eigenvalue weighted by Gasteiger charge is -2.29. The minimum atomic E-state index is -0.594. The highest BCUT2D eigenvalue weighted by atomic mass is 35.5. The Kier molecular flexibility index (Phi) is 6.46. The van der Waals surface area contributed by atoms with E-state index >= 15 is 0 Å². The third-order valence-electron chi connectivity index (χ3n) is 6.40. The van der Waals surface area contributed by atoms with Gasteiger partial charge in [-0.2, -0.15) is 4.98 Å². The molecule has 34 heavy (non-hydrogen) atoms. The smallest absolute Gasteiger partial charge is 0.225 e. The summed E-state index contributed by atoms with van der Waals surface area (Å²) in [4.78, 5) is 25.4. The van der Waals surface area contributed by atoms with Gasteiger partial charge in [0.1, 0.15) is 11.3 Å². The first-order chi connectivity index (χ1) is 16.4. The molecule has 9 nitrogen and oxygen atoms in total. The molecule has 0 radical (unpaired) electrons. The van der Waals surface area contributed by atoms with Gasteiger partial charge in [-0.05, 0) is 44.2 Å². The predicted molar refractivity (Wildman–Crippen MR) is 128 cm³/mol. The molecule has 1 aliphatic heterocycles. The number of imidazole rings is 1. The molecule has 1 amide bonds. The number of amides is 1. The summed E-state index contributed by atoms with van der Waals surface area (Å²) in [6.45, 7) is 1.29. The fraction of sp³-hybridized carbons (Fsp3) is 0.455. The number of rotatable bonds is 6. The van der Waals surface area contributed by atoms with Crippen LogP contribution in [0.15, 0.2) is 18.3 Å². The number of primary amides is 1. The van der Waals surface area contributed by atoms with Crippen molar-refractivity contribution in [3.63, 3.8) is 0 Å². The van der Waals surface area contributed by atoms with Crippen molar-refractivity contribution in [2.45, 2.75) is 44.2 Å². The Hall–Kier alpha value is -2.69. The van der Waals surface area contributed by atoms with Crippen LogP contribution in [-0.4, -0.2) is 44.7 Å². The molecule has 5 rings (SSSR count). The number of aromatic nitrogens is 4. The molecule has 1 aromatic carbocycles. The number of benzene rings is 1. The monoisotopic (exact) mass is 507 g/mol. The van der Waals surface area contributed by atoms with Crippen molar-refractivity contribution < 1.29 is 13.9 Å². The topological polar surface area (TPSA) is 120 Å². The first-order valence-corrected chi connectivity index (χ1v) is 11.9. The molecule has 2 aliphatic rings. The Labute approximate surface area is 205 Å². The molecule has 2 fully saturated rings. The molecular weight excluding hydrogens is 484 g/mol. The number of ether oxygens (including phenoxy) is 1. The maximum Gasteiger partial charge on any atom is 0.225 e. The summed E-state index contributed by atoms with van der Waals surface area (Å²) in [5.74, 6) is -0.175. The Morgan fingerprint density at radius 3 is 2.65 bits per heavy atom. The van der Waals surface area contributed by atoms with Crippen LogP contribution in [-0.2, 0) is 9.53 Å². The maximum atomic E-state index is 14.7. The lowest BCUT2D eigenvalue weighted by molar-refractivity contribution is -0.122. The van der Waals surface area contributed by atoms with Gasteiger partial charge in [-0.1, -0.05) is 23.2 Å². The van der Waals surface area contributed by atoms with Crippen molar-refractivity contribution in [2.75, 3.05) is 23.8 Å². The first kappa shape index (κ1) is 23.1. The number of anilines is 3. The minimum absolute atomic E-state index is 0.0187. The van der Waals surface area contributed by atoms with E-state index in [1.54, 1.807) is 6.20 Å². The van der Waals surface area contributed by atoms with E-state index in [2.05, 4.69) is 20.6 Å². The predicted octanol–water partition coefficient (Wildman–Crippen LogP) is 4.43. The van der Waals surface area contributed by atoms with Gasteiger partial charge in [0, 0.05) is 23.6 Å². The lowest BCUT2D eigenvalue weighted by Crippen LogP contribution is -2.29. The van der Waals surface area contributed by atoms with Gasteiger partial charge in [-0.25, -0.2) is 14.4 Å². The van der Waals surface area contributed by atoms with Crippen LogP contribution in [0.4, 0.5) is 22.0 Å². The summed E-state index contributed by atoms with van der Waals surface area (Å²) in [5.41, 5.74) is 6.75. The molecule has 12 heteroatoms. The number of nitrogens with zero attached hydrogens (tertiary/aromatic N) is 4. The fourth-order valence-corrected chi connectivity index (χ4v) is 5.13.